The minimum Gasteiger partial charge on any atom is -0.399 e. The lowest BCUT2D eigenvalue weighted by Crippen LogP contribution is -2.41. The van der Waals surface area contributed by atoms with E-state index in [0.29, 0.717) is 0 Å². The van der Waals surface area contributed by atoms with Crippen LogP contribution in [0, 0.1) is 0 Å². The lowest BCUT2D eigenvalue weighted by molar-refractivity contribution is 0.00578. The summed E-state index contributed by atoms with van der Waals surface area (Å²) in [5.74, 6) is 0.963. The average molecular weight is 377 g/mol. The highest BCUT2D eigenvalue weighted by atomic mass is 16.7. The van der Waals surface area contributed by atoms with Gasteiger partial charge in [0, 0.05) is 17.8 Å². The molecule has 0 unspecified atom stereocenters. The number of nitrogens with one attached hydrogen (secondary N) is 2. The van der Waals surface area contributed by atoms with Crippen molar-refractivity contribution in [2.24, 2.45) is 0 Å². The molecule has 6 heteroatoms. The smallest absolute Gasteiger partial charge is 0.399 e. The maximum atomic E-state index is 6.25. The fourth-order valence-corrected chi connectivity index (χ4v) is 4.25. The number of aromatic amines is 1. The summed E-state index contributed by atoms with van der Waals surface area (Å²) >= 11 is 0. The van der Waals surface area contributed by atoms with E-state index in [4.69, 9.17) is 14.3 Å². The van der Waals surface area contributed by atoms with Gasteiger partial charge in [0.05, 0.1) is 22.6 Å². The van der Waals surface area contributed by atoms with Gasteiger partial charge < -0.3 is 19.6 Å². The molecule has 1 fully saturated rings. The van der Waals surface area contributed by atoms with E-state index in [1.807, 2.05) is 0 Å². The van der Waals surface area contributed by atoms with E-state index in [0.717, 1.165) is 54.9 Å². The van der Waals surface area contributed by atoms with Crippen LogP contribution in [0.2, 0.25) is 0 Å². The summed E-state index contributed by atoms with van der Waals surface area (Å²) in [5, 5.41) is 3.42. The number of H-pyrrole nitrogens is 1. The molecular formula is C22H28BN3O2. The van der Waals surface area contributed by atoms with Crippen LogP contribution in [0.3, 0.4) is 0 Å². The van der Waals surface area contributed by atoms with Gasteiger partial charge in [-0.3, -0.25) is 0 Å². The summed E-state index contributed by atoms with van der Waals surface area (Å²) in [7, 11) is -0.319. The molecule has 3 heterocycles. The van der Waals surface area contributed by atoms with E-state index in [9.17, 15) is 0 Å². The molecule has 0 amide bonds. The van der Waals surface area contributed by atoms with Crippen LogP contribution in [0.1, 0.15) is 57.6 Å². The molecule has 0 spiro atoms. The minimum atomic E-state index is -0.323. The zero-order chi connectivity index (χ0) is 19.5. The van der Waals surface area contributed by atoms with Crippen molar-refractivity contribution in [1.29, 1.82) is 0 Å². The van der Waals surface area contributed by atoms with Gasteiger partial charge in [-0.05, 0) is 64.4 Å². The van der Waals surface area contributed by atoms with Crippen molar-refractivity contribution < 1.29 is 9.31 Å². The number of aryl methyl sites for hydroxylation is 2. The van der Waals surface area contributed by atoms with Crippen LogP contribution in [-0.4, -0.2) is 34.8 Å². The summed E-state index contributed by atoms with van der Waals surface area (Å²) in [5.41, 5.74) is 6.48. The Kier molecular flexibility index (Phi) is 4.01. The van der Waals surface area contributed by atoms with E-state index < -0.39 is 0 Å². The van der Waals surface area contributed by atoms with Crippen molar-refractivity contribution in [3.63, 3.8) is 0 Å². The van der Waals surface area contributed by atoms with Gasteiger partial charge in [-0.1, -0.05) is 24.3 Å². The zero-order valence-electron chi connectivity index (χ0n) is 17.2. The van der Waals surface area contributed by atoms with Gasteiger partial charge in [0.1, 0.15) is 0 Å². The molecule has 3 aliphatic rings. The van der Waals surface area contributed by atoms with Crippen LogP contribution in [0.25, 0.3) is 17.0 Å². The fourth-order valence-electron chi connectivity index (χ4n) is 4.25. The Hall–Kier alpha value is -2.05. The standard InChI is InChI=1S/C22H28BN3O2/c1-21(2)22(3,4)28-23(27-21)15-10-11-16-14(13-15)7-5-8-17-19(16)26-20(25-17)18-9-6-12-24-18/h9-11,13,24H,5-8,12H2,1-4H3,(H,25,26). The van der Waals surface area contributed by atoms with Crippen LogP contribution in [0.5, 0.6) is 0 Å². The topological polar surface area (TPSA) is 59.2 Å². The molecule has 28 heavy (non-hydrogen) atoms. The molecule has 0 saturated carbocycles. The molecule has 1 aromatic heterocycles. The molecule has 0 bridgehead atoms. The first-order valence-corrected chi connectivity index (χ1v) is 10.4. The predicted molar refractivity (Wildman–Crippen MR) is 112 cm³/mol. The van der Waals surface area contributed by atoms with Gasteiger partial charge in [0.2, 0.25) is 0 Å². The largest absolute Gasteiger partial charge is 0.494 e. The Bertz CT molecular complexity index is 945. The average Bonchev–Trinajstić information content (AvgIpc) is 3.32. The summed E-state index contributed by atoms with van der Waals surface area (Å²) in [6, 6.07) is 6.59. The lowest BCUT2D eigenvalue weighted by Gasteiger charge is -2.32. The van der Waals surface area contributed by atoms with Crippen LogP contribution >= 0.6 is 0 Å². The van der Waals surface area contributed by atoms with Gasteiger partial charge in [0.25, 0.3) is 0 Å². The van der Waals surface area contributed by atoms with Gasteiger partial charge >= 0.3 is 7.12 Å². The van der Waals surface area contributed by atoms with Crippen molar-refractivity contribution in [3.05, 3.63) is 41.4 Å². The molecule has 1 saturated heterocycles. The summed E-state index contributed by atoms with van der Waals surface area (Å²) in [4.78, 5) is 8.52. The Labute approximate surface area is 167 Å². The molecule has 0 radical (unpaired) electrons. The monoisotopic (exact) mass is 377 g/mol. The highest BCUT2D eigenvalue weighted by molar-refractivity contribution is 6.62. The third kappa shape index (κ3) is 2.82. The van der Waals surface area contributed by atoms with Gasteiger partial charge in [-0.15, -0.1) is 0 Å². The summed E-state index contributed by atoms with van der Waals surface area (Å²) in [6.07, 6.45) is 6.47. The van der Waals surface area contributed by atoms with Crippen LogP contribution < -0.4 is 10.8 Å². The second-order valence-electron chi connectivity index (χ2n) is 9.10. The zero-order valence-corrected chi connectivity index (χ0v) is 17.2. The van der Waals surface area contributed by atoms with Crippen molar-refractivity contribution >= 4 is 18.3 Å². The van der Waals surface area contributed by atoms with Gasteiger partial charge in [-0.25, -0.2) is 4.98 Å². The molecule has 0 atom stereocenters. The maximum Gasteiger partial charge on any atom is 0.494 e. The van der Waals surface area contributed by atoms with Crippen molar-refractivity contribution in [2.45, 2.75) is 64.6 Å². The number of fused-ring (bicyclic) bond motifs is 3. The molecular weight excluding hydrogens is 349 g/mol. The third-order valence-corrected chi connectivity index (χ3v) is 6.62. The van der Waals surface area contributed by atoms with E-state index in [2.05, 4.69) is 62.3 Å². The highest BCUT2D eigenvalue weighted by Gasteiger charge is 2.51. The number of rotatable bonds is 2. The Morgan fingerprint density at radius 2 is 1.86 bits per heavy atom. The fraction of sp³-hybridized carbons (Fsp3) is 0.500. The predicted octanol–water partition coefficient (Wildman–Crippen LogP) is 3.20. The normalized spacial score (nSPS) is 22.3. The second-order valence-corrected chi connectivity index (χ2v) is 9.10. The molecule has 146 valence electrons. The number of aromatic nitrogens is 2. The van der Waals surface area contributed by atoms with E-state index >= 15 is 0 Å². The second kappa shape index (κ2) is 6.23. The van der Waals surface area contributed by atoms with Gasteiger partial charge in [-0.2, -0.15) is 0 Å². The molecule has 5 nitrogen and oxygen atoms in total. The number of imidazole rings is 1. The first-order chi connectivity index (χ1) is 13.3. The number of hydrogen-bond donors (Lipinski definition) is 2. The quantitative estimate of drug-likeness (QED) is 0.790. The Balaban J connectivity index is 1.50. The third-order valence-electron chi connectivity index (χ3n) is 6.62. The van der Waals surface area contributed by atoms with E-state index in [1.54, 1.807) is 0 Å². The van der Waals surface area contributed by atoms with Crippen molar-refractivity contribution in [2.75, 3.05) is 6.54 Å². The maximum absolute atomic E-state index is 6.25. The van der Waals surface area contributed by atoms with Crippen LogP contribution in [-0.2, 0) is 22.2 Å². The molecule has 2 aliphatic heterocycles. The molecule has 1 aliphatic carbocycles. The Morgan fingerprint density at radius 3 is 2.57 bits per heavy atom. The van der Waals surface area contributed by atoms with Gasteiger partial charge in [0.15, 0.2) is 5.82 Å². The lowest BCUT2D eigenvalue weighted by atomic mass is 9.77. The summed E-state index contributed by atoms with van der Waals surface area (Å²) in [6.45, 7) is 9.38. The molecule has 1 aromatic carbocycles. The summed E-state index contributed by atoms with van der Waals surface area (Å²) < 4.78 is 12.5. The first kappa shape index (κ1) is 18.0. The minimum absolute atomic E-state index is 0.319. The number of benzene rings is 1. The molecule has 2 aromatic rings. The Morgan fingerprint density at radius 1 is 1.07 bits per heavy atom. The number of hydrogen-bond acceptors (Lipinski definition) is 4. The molecule has 2 N–H and O–H groups in total. The van der Waals surface area contributed by atoms with E-state index in [1.165, 1.54) is 16.8 Å². The molecule has 5 rings (SSSR count). The SMILES string of the molecule is CC1(C)OB(c2ccc3c(c2)CCCc2[nH]c(C4=CCCN4)nc2-3)OC1(C)C. The van der Waals surface area contributed by atoms with Crippen molar-refractivity contribution in [1.82, 2.24) is 15.3 Å². The van der Waals surface area contributed by atoms with Crippen molar-refractivity contribution in [3.8, 4) is 11.3 Å². The number of nitrogens with zero attached hydrogens (tertiary/aromatic N) is 1. The van der Waals surface area contributed by atoms with E-state index in [-0.39, 0.29) is 18.3 Å². The highest BCUT2D eigenvalue weighted by Crippen LogP contribution is 2.37. The first-order valence-electron chi connectivity index (χ1n) is 10.4. The van der Waals surface area contributed by atoms with Crippen LogP contribution in [0.4, 0.5) is 0 Å². The van der Waals surface area contributed by atoms with Crippen LogP contribution in [0.15, 0.2) is 24.3 Å².